The predicted molar refractivity (Wildman–Crippen MR) is 115 cm³/mol. The molecular weight excluding hydrogens is 453 g/mol. The number of ether oxygens (including phenoxy) is 2. The van der Waals surface area contributed by atoms with Crippen LogP contribution in [0.4, 0.5) is 0 Å². The molecule has 4 saturated carbocycles. The Kier molecular flexibility index (Phi) is 5.18. The second-order valence-corrected chi connectivity index (χ2v) is 11.5. The number of halogens is 1. The normalized spacial score (nSPS) is 40.0. The van der Waals surface area contributed by atoms with Gasteiger partial charge in [-0.3, -0.25) is 4.68 Å². The van der Waals surface area contributed by atoms with Gasteiger partial charge in [-0.15, -0.1) is 0 Å². The fraction of sp³-hybridized carbons (Fsp3) is 0.857. The van der Waals surface area contributed by atoms with Crippen LogP contribution < -0.4 is 5.73 Å². The van der Waals surface area contributed by atoms with E-state index in [-0.39, 0.29) is 5.60 Å². The highest BCUT2D eigenvalue weighted by molar-refractivity contribution is 14.1. The van der Waals surface area contributed by atoms with E-state index in [2.05, 4.69) is 48.0 Å². The highest BCUT2D eigenvalue weighted by Gasteiger charge is 2.66. The fourth-order valence-electron chi connectivity index (χ4n) is 7.55. The van der Waals surface area contributed by atoms with Gasteiger partial charge in [0.1, 0.15) is 0 Å². The van der Waals surface area contributed by atoms with Crippen molar-refractivity contribution in [3.05, 3.63) is 15.5 Å². The smallest absolute Gasteiger partial charge is 0.0708 e. The van der Waals surface area contributed by atoms with Gasteiger partial charge in [0, 0.05) is 18.8 Å². The van der Waals surface area contributed by atoms with Gasteiger partial charge >= 0.3 is 0 Å². The van der Waals surface area contributed by atoms with Gasteiger partial charge in [0.2, 0.25) is 0 Å². The SMILES string of the molecule is Cc1c(I)cnn1CC12CC3(C)CC(C)(C1)CC(OCCOCCN)(C3)C2. The first-order valence-corrected chi connectivity index (χ1v) is 11.4. The van der Waals surface area contributed by atoms with Crippen LogP contribution in [0.5, 0.6) is 0 Å². The minimum Gasteiger partial charge on any atom is -0.378 e. The van der Waals surface area contributed by atoms with Gasteiger partial charge in [-0.2, -0.15) is 5.10 Å². The van der Waals surface area contributed by atoms with Crippen molar-refractivity contribution in [3.8, 4) is 0 Å². The van der Waals surface area contributed by atoms with Crippen molar-refractivity contribution < 1.29 is 9.47 Å². The molecule has 0 amide bonds. The molecule has 27 heavy (non-hydrogen) atoms. The van der Waals surface area contributed by atoms with E-state index >= 15 is 0 Å². The first kappa shape index (κ1) is 20.1. The lowest BCUT2D eigenvalue weighted by molar-refractivity contribution is -0.250. The average molecular weight is 487 g/mol. The van der Waals surface area contributed by atoms with E-state index < -0.39 is 0 Å². The van der Waals surface area contributed by atoms with Crippen molar-refractivity contribution >= 4 is 22.6 Å². The van der Waals surface area contributed by atoms with E-state index in [4.69, 9.17) is 20.3 Å². The third-order valence-electron chi connectivity index (χ3n) is 7.08. The summed E-state index contributed by atoms with van der Waals surface area (Å²) >= 11 is 2.39. The Balaban J connectivity index is 1.56. The molecule has 1 heterocycles. The molecule has 1 aromatic heterocycles. The molecule has 0 saturated heterocycles. The summed E-state index contributed by atoms with van der Waals surface area (Å²) in [6.45, 7) is 10.7. The summed E-state index contributed by atoms with van der Waals surface area (Å²) in [6, 6.07) is 0. The van der Waals surface area contributed by atoms with Gasteiger partial charge in [0.05, 0.1) is 35.2 Å². The lowest BCUT2D eigenvalue weighted by atomic mass is 9.39. The Morgan fingerprint density at radius 3 is 2.37 bits per heavy atom. The third kappa shape index (κ3) is 3.83. The van der Waals surface area contributed by atoms with Crippen molar-refractivity contribution in [2.75, 3.05) is 26.4 Å². The van der Waals surface area contributed by atoms with E-state index in [1.165, 1.54) is 41.4 Å². The monoisotopic (exact) mass is 487 g/mol. The van der Waals surface area contributed by atoms with Crippen molar-refractivity contribution in [2.45, 2.75) is 71.4 Å². The van der Waals surface area contributed by atoms with Crippen LogP contribution in [-0.2, 0) is 16.0 Å². The van der Waals surface area contributed by atoms with Crippen molar-refractivity contribution in [1.82, 2.24) is 9.78 Å². The molecule has 2 unspecified atom stereocenters. The van der Waals surface area contributed by atoms with Crippen LogP contribution in [0.1, 0.15) is 58.1 Å². The van der Waals surface area contributed by atoms with Crippen LogP contribution in [0.25, 0.3) is 0 Å². The van der Waals surface area contributed by atoms with Gasteiger partial charge in [0.15, 0.2) is 0 Å². The van der Waals surface area contributed by atoms with E-state index in [1.54, 1.807) is 0 Å². The Bertz CT molecular complexity index is 686. The van der Waals surface area contributed by atoms with Crippen LogP contribution in [0, 0.1) is 26.7 Å². The summed E-state index contributed by atoms with van der Waals surface area (Å²) in [7, 11) is 0. The Hall–Kier alpha value is -0.180. The topological polar surface area (TPSA) is 62.3 Å². The van der Waals surface area contributed by atoms with E-state index in [0.717, 1.165) is 13.0 Å². The van der Waals surface area contributed by atoms with Gasteiger partial charge in [0.25, 0.3) is 0 Å². The molecule has 0 spiro atoms. The quantitative estimate of drug-likeness (QED) is 0.446. The maximum absolute atomic E-state index is 6.62. The van der Waals surface area contributed by atoms with Crippen LogP contribution in [0.2, 0.25) is 0 Å². The minimum atomic E-state index is 0.0124. The molecule has 152 valence electrons. The largest absolute Gasteiger partial charge is 0.378 e. The van der Waals surface area contributed by atoms with E-state index in [0.29, 0.717) is 42.6 Å². The molecule has 5 nitrogen and oxygen atoms in total. The van der Waals surface area contributed by atoms with E-state index in [1.807, 2.05) is 6.20 Å². The maximum Gasteiger partial charge on any atom is 0.0708 e. The molecule has 6 heteroatoms. The molecule has 2 atom stereocenters. The predicted octanol–water partition coefficient (Wildman–Crippen LogP) is 3.91. The number of hydrogen-bond donors (Lipinski definition) is 1. The zero-order chi connectivity index (χ0) is 19.3. The molecule has 0 aromatic carbocycles. The molecule has 5 rings (SSSR count). The van der Waals surface area contributed by atoms with Crippen molar-refractivity contribution in [3.63, 3.8) is 0 Å². The standard InChI is InChI=1S/C21H34IN3O2/c1-16-17(22)8-24-25(16)15-20-10-18(2)9-19(3,11-20)13-21(12-18,14-20)27-7-6-26-5-4-23/h8H,4-7,9-15,23H2,1-3H3. The average Bonchev–Trinajstić information content (AvgIpc) is 2.83. The van der Waals surface area contributed by atoms with Crippen molar-refractivity contribution in [1.29, 1.82) is 0 Å². The molecule has 4 fully saturated rings. The summed E-state index contributed by atoms with van der Waals surface area (Å²) in [5.41, 5.74) is 7.90. The summed E-state index contributed by atoms with van der Waals surface area (Å²) in [4.78, 5) is 0. The minimum absolute atomic E-state index is 0.0124. The number of nitrogens with zero attached hydrogens (tertiary/aromatic N) is 2. The van der Waals surface area contributed by atoms with Crippen LogP contribution >= 0.6 is 22.6 Å². The molecule has 4 aliphatic rings. The van der Waals surface area contributed by atoms with Crippen LogP contribution in [0.3, 0.4) is 0 Å². The zero-order valence-corrected chi connectivity index (χ0v) is 19.2. The van der Waals surface area contributed by atoms with Gasteiger partial charge in [-0.25, -0.2) is 0 Å². The lowest BCUT2D eigenvalue weighted by Gasteiger charge is -2.69. The molecule has 0 aliphatic heterocycles. The summed E-state index contributed by atoms with van der Waals surface area (Å²) in [5, 5.41) is 4.69. The molecule has 0 radical (unpaired) electrons. The summed E-state index contributed by atoms with van der Waals surface area (Å²) < 4.78 is 15.7. The fourth-order valence-corrected chi connectivity index (χ4v) is 7.96. The molecular formula is C21H34IN3O2. The number of nitrogens with two attached hydrogens (primary N) is 1. The first-order valence-electron chi connectivity index (χ1n) is 10.3. The molecule has 1 aromatic rings. The number of hydrogen-bond acceptors (Lipinski definition) is 4. The van der Waals surface area contributed by atoms with Gasteiger partial charge in [-0.05, 0) is 84.3 Å². The molecule has 4 aliphatic carbocycles. The van der Waals surface area contributed by atoms with E-state index in [9.17, 15) is 0 Å². The first-order chi connectivity index (χ1) is 12.7. The highest BCUT2D eigenvalue weighted by Crippen LogP contribution is 2.72. The second-order valence-electron chi connectivity index (χ2n) is 10.4. The zero-order valence-electron chi connectivity index (χ0n) is 17.0. The van der Waals surface area contributed by atoms with Crippen LogP contribution in [-0.4, -0.2) is 41.7 Å². The maximum atomic E-state index is 6.62. The highest BCUT2D eigenvalue weighted by atomic mass is 127. The van der Waals surface area contributed by atoms with Crippen LogP contribution in [0.15, 0.2) is 6.20 Å². The number of aromatic nitrogens is 2. The van der Waals surface area contributed by atoms with Crippen molar-refractivity contribution in [2.24, 2.45) is 22.0 Å². The van der Waals surface area contributed by atoms with Gasteiger partial charge in [-0.1, -0.05) is 13.8 Å². The molecule has 4 bridgehead atoms. The third-order valence-corrected chi connectivity index (χ3v) is 8.14. The Morgan fingerprint density at radius 1 is 1.07 bits per heavy atom. The number of rotatable bonds is 8. The Labute approximate surface area is 176 Å². The lowest BCUT2D eigenvalue weighted by Crippen LogP contribution is -2.64. The summed E-state index contributed by atoms with van der Waals surface area (Å²) in [6.07, 6.45) is 9.51. The van der Waals surface area contributed by atoms with Gasteiger partial charge < -0.3 is 15.2 Å². The Morgan fingerprint density at radius 2 is 1.78 bits per heavy atom. The second kappa shape index (κ2) is 6.96. The summed E-state index contributed by atoms with van der Waals surface area (Å²) in [5.74, 6) is 0. The molecule has 2 N–H and O–H groups in total.